The standard InChI is InChI=1S/C12H11N3OS/c13-12(15-16)10-3-1-2-4-11(10)17-9-5-7-14-8-6-9/h1-8,16H,(H2,13,15). The largest absolute Gasteiger partial charge is 0.409 e. The van der Waals surface area contributed by atoms with Gasteiger partial charge in [-0.2, -0.15) is 0 Å². The molecule has 1 aromatic carbocycles. The molecule has 86 valence electrons. The van der Waals surface area contributed by atoms with Gasteiger partial charge in [-0.25, -0.2) is 0 Å². The quantitative estimate of drug-likeness (QED) is 0.377. The summed E-state index contributed by atoms with van der Waals surface area (Å²) in [5.74, 6) is 0.113. The van der Waals surface area contributed by atoms with Gasteiger partial charge in [0, 0.05) is 27.7 Å². The molecule has 4 nitrogen and oxygen atoms in total. The van der Waals surface area contributed by atoms with Crippen LogP contribution in [0.15, 0.2) is 63.7 Å². The molecule has 1 aromatic heterocycles. The molecule has 0 spiro atoms. The third kappa shape index (κ3) is 2.76. The monoisotopic (exact) mass is 245 g/mol. The van der Waals surface area contributed by atoms with Crippen LogP contribution >= 0.6 is 11.8 Å². The number of aromatic nitrogens is 1. The lowest BCUT2D eigenvalue weighted by Crippen LogP contribution is -2.13. The Morgan fingerprint density at radius 2 is 1.88 bits per heavy atom. The van der Waals surface area contributed by atoms with Gasteiger partial charge in [0.05, 0.1) is 0 Å². The van der Waals surface area contributed by atoms with Crippen LogP contribution in [-0.4, -0.2) is 16.0 Å². The smallest absolute Gasteiger partial charge is 0.171 e. The van der Waals surface area contributed by atoms with Crippen molar-refractivity contribution < 1.29 is 5.21 Å². The summed E-state index contributed by atoms with van der Waals surface area (Å²) < 4.78 is 0. The molecule has 0 unspecified atom stereocenters. The Labute approximate surface area is 103 Å². The van der Waals surface area contributed by atoms with Gasteiger partial charge in [-0.15, -0.1) is 0 Å². The summed E-state index contributed by atoms with van der Waals surface area (Å²) in [7, 11) is 0. The summed E-state index contributed by atoms with van der Waals surface area (Å²) in [6, 6.07) is 11.3. The Hall–Kier alpha value is -2.01. The van der Waals surface area contributed by atoms with Crippen LogP contribution in [-0.2, 0) is 0 Å². The van der Waals surface area contributed by atoms with E-state index >= 15 is 0 Å². The van der Waals surface area contributed by atoms with Crippen molar-refractivity contribution in [1.82, 2.24) is 4.98 Å². The van der Waals surface area contributed by atoms with E-state index in [9.17, 15) is 0 Å². The molecular formula is C12H11N3OS. The molecule has 0 saturated heterocycles. The molecule has 2 aromatic rings. The molecule has 0 amide bonds. The van der Waals surface area contributed by atoms with Gasteiger partial charge in [0.1, 0.15) is 0 Å². The number of benzene rings is 1. The fourth-order valence-electron chi connectivity index (χ4n) is 1.35. The second kappa shape index (κ2) is 5.36. The summed E-state index contributed by atoms with van der Waals surface area (Å²) in [6.45, 7) is 0. The predicted molar refractivity (Wildman–Crippen MR) is 67.3 cm³/mol. The Kier molecular flexibility index (Phi) is 3.62. The van der Waals surface area contributed by atoms with Gasteiger partial charge in [0.15, 0.2) is 5.84 Å². The Bertz CT molecular complexity index is 528. The topological polar surface area (TPSA) is 71.5 Å². The summed E-state index contributed by atoms with van der Waals surface area (Å²) in [5.41, 5.74) is 6.34. The molecule has 0 bridgehead atoms. The molecule has 1 heterocycles. The maximum Gasteiger partial charge on any atom is 0.171 e. The zero-order valence-corrected chi connectivity index (χ0v) is 9.76. The number of hydrogen-bond donors (Lipinski definition) is 2. The summed E-state index contributed by atoms with van der Waals surface area (Å²) in [5, 5.41) is 11.8. The van der Waals surface area contributed by atoms with Crippen LogP contribution in [0.3, 0.4) is 0 Å². The number of nitrogens with zero attached hydrogens (tertiary/aromatic N) is 2. The Balaban J connectivity index is 2.33. The van der Waals surface area contributed by atoms with Crippen molar-refractivity contribution in [1.29, 1.82) is 0 Å². The highest BCUT2D eigenvalue weighted by Gasteiger charge is 2.07. The van der Waals surface area contributed by atoms with Crippen LogP contribution in [0, 0.1) is 0 Å². The van der Waals surface area contributed by atoms with Crippen molar-refractivity contribution in [2.45, 2.75) is 9.79 Å². The van der Waals surface area contributed by atoms with Crippen LogP contribution in [0.1, 0.15) is 5.56 Å². The maximum absolute atomic E-state index is 8.72. The van der Waals surface area contributed by atoms with Gasteiger partial charge in [-0.05, 0) is 18.2 Å². The van der Waals surface area contributed by atoms with Crippen molar-refractivity contribution in [3.63, 3.8) is 0 Å². The zero-order valence-electron chi connectivity index (χ0n) is 8.95. The highest BCUT2D eigenvalue weighted by Crippen LogP contribution is 2.29. The number of hydrogen-bond acceptors (Lipinski definition) is 4. The molecule has 0 aliphatic carbocycles. The molecule has 0 fully saturated rings. The van der Waals surface area contributed by atoms with Crippen LogP contribution < -0.4 is 5.73 Å². The van der Waals surface area contributed by atoms with E-state index in [1.807, 2.05) is 36.4 Å². The molecule has 3 N–H and O–H groups in total. The van der Waals surface area contributed by atoms with Crippen molar-refractivity contribution in [2.24, 2.45) is 10.9 Å². The zero-order chi connectivity index (χ0) is 12.1. The van der Waals surface area contributed by atoms with E-state index in [4.69, 9.17) is 10.9 Å². The molecule has 0 aliphatic heterocycles. The fourth-order valence-corrected chi connectivity index (χ4v) is 2.30. The van der Waals surface area contributed by atoms with Crippen molar-refractivity contribution in [2.75, 3.05) is 0 Å². The molecule has 0 radical (unpaired) electrons. The van der Waals surface area contributed by atoms with E-state index in [1.54, 1.807) is 24.2 Å². The average molecular weight is 245 g/mol. The Morgan fingerprint density at radius 3 is 2.59 bits per heavy atom. The third-order valence-electron chi connectivity index (χ3n) is 2.15. The van der Waals surface area contributed by atoms with Crippen molar-refractivity contribution in [3.05, 3.63) is 54.4 Å². The second-order valence-electron chi connectivity index (χ2n) is 3.27. The van der Waals surface area contributed by atoms with E-state index in [-0.39, 0.29) is 5.84 Å². The molecule has 2 rings (SSSR count). The molecule has 0 aliphatic rings. The number of oxime groups is 1. The highest BCUT2D eigenvalue weighted by molar-refractivity contribution is 7.99. The number of nitrogens with two attached hydrogens (primary N) is 1. The predicted octanol–water partition coefficient (Wildman–Crippen LogP) is 2.33. The molecular weight excluding hydrogens is 234 g/mol. The van der Waals surface area contributed by atoms with Crippen LogP contribution in [0.25, 0.3) is 0 Å². The van der Waals surface area contributed by atoms with Crippen molar-refractivity contribution in [3.8, 4) is 0 Å². The first-order valence-electron chi connectivity index (χ1n) is 4.96. The summed E-state index contributed by atoms with van der Waals surface area (Å²) in [6.07, 6.45) is 3.46. The van der Waals surface area contributed by atoms with Gasteiger partial charge >= 0.3 is 0 Å². The minimum absolute atomic E-state index is 0.113. The first kappa shape index (κ1) is 11.5. The highest BCUT2D eigenvalue weighted by atomic mass is 32.2. The van der Waals surface area contributed by atoms with Gasteiger partial charge in [-0.3, -0.25) is 4.98 Å². The molecule has 5 heteroatoms. The van der Waals surface area contributed by atoms with E-state index < -0.39 is 0 Å². The number of rotatable bonds is 3. The van der Waals surface area contributed by atoms with E-state index in [1.165, 1.54) is 0 Å². The van der Waals surface area contributed by atoms with E-state index in [2.05, 4.69) is 10.1 Å². The average Bonchev–Trinajstić information content (AvgIpc) is 2.40. The third-order valence-corrected chi connectivity index (χ3v) is 3.23. The summed E-state index contributed by atoms with van der Waals surface area (Å²) in [4.78, 5) is 5.95. The Morgan fingerprint density at radius 1 is 1.18 bits per heavy atom. The van der Waals surface area contributed by atoms with Gasteiger partial charge in [-0.1, -0.05) is 35.1 Å². The maximum atomic E-state index is 8.72. The minimum atomic E-state index is 0.113. The normalized spacial score (nSPS) is 11.4. The second-order valence-corrected chi connectivity index (χ2v) is 4.38. The SMILES string of the molecule is NC(=NO)c1ccccc1Sc1ccncc1. The van der Waals surface area contributed by atoms with Gasteiger partial charge in [0.25, 0.3) is 0 Å². The van der Waals surface area contributed by atoms with Gasteiger partial charge < -0.3 is 10.9 Å². The van der Waals surface area contributed by atoms with Crippen molar-refractivity contribution >= 4 is 17.6 Å². The lowest BCUT2D eigenvalue weighted by Gasteiger charge is -2.07. The first-order chi connectivity index (χ1) is 8.31. The fraction of sp³-hybridized carbons (Fsp3) is 0. The lowest BCUT2D eigenvalue weighted by atomic mass is 10.2. The van der Waals surface area contributed by atoms with Gasteiger partial charge in [0.2, 0.25) is 0 Å². The van der Waals surface area contributed by atoms with E-state index in [0.29, 0.717) is 0 Å². The van der Waals surface area contributed by atoms with Crippen LogP contribution in [0.2, 0.25) is 0 Å². The van der Waals surface area contributed by atoms with Crippen LogP contribution in [0.5, 0.6) is 0 Å². The molecule has 0 saturated carbocycles. The molecule has 17 heavy (non-hydrogen) atoms. The molecule has 0 atom stereocenters. The lowest BCUT2D eigenvalue weighted by molar-refractivity contribution is 0.318. The van der Waals surface area contributed by atoms with Crippen LogP contribution in [0.4, 0.5) is 0 Å². The van der Waals surface area contributed by atoms with E-state index in [0.717, 1.165) is 15.4 Å². The minimum Gasteiger partial charge on any atom is -0.409 e. The summed E-state index contributed by atoms with van der Waals surface area (Å²) >= 11 is 1.55. The number of pyridine rings is 1. The number of amidine groups is 1. The first-order valence-corrected chi connectivity index (χ1v) is 5.77.